The predicted molar refractivity (Wildman–Crippen MR) is 45.7 cm³/mol. The molecule has 3 N–H and O–H groups in total. The average Bonchev–Trinajstić information content (AvgIpc) is 2.54. The van der Waals surface area contributed by atoms with Crippen LogP contribution in [0.3, 0.4) is 0 Å². The van der Waals surface area contributed by atoms with Gasteiger partial charge in [-0.25, -0.2) is 0 Å². The molecule has 2 aliphatic rings. The number of hydrogen-bond acceptors (Lipinski definition) is 3. The van der Waals surface area contributed by atoms with E-state index < -0.39 is 0 Å². The molecule has 0 spiro atoms. The monoisotopic (exact) mass is 169 g/mol. The van der Waals surface area contributed by atoms with Gasteiger partial charge in [-0.15, -0.1) is 0 Å². The predicted octanol–water partition coefficient (Wildman–Crippen LogP) is -0.351. The van der Waals surface area contributed by atoms with Crippen molar-refractivity contribution in [2.75, 3.05) is 19.7 Å². The van der Waals surface area contributed by atoms with Crippen LogP contribution in [0.25, 0.3) is 0 Å². The van der Waals surface area contributed by atoms with Crippen molar-refractivity contribution >= 4 is 0 Å². The van der Waals surface area contributed by atoms with Crippen LogP contribution in [0.1, 0.15) is 12.8 Å². The van der Waals surface area contributed by atoms with E-state index in [4.69, 9.17) is 5.11 Å². The lowest BCUT2D eigenvalue weighted by Crippen LogP contribution is -2.24. The zero-order valence-electron chi connectivity index (χ0n) is 7.08. The Hall–Kier alpha value is -0.380. The average molecular weight is 169 g/mol. The molecule has 2 rings (SSSR count). The molecule has 0 amide bonds. The van der Waals surface area contributed by atoms with E-state index in [1.807, 2.05) is 0 Å². The summed E-state index contributed by atoms with van der Waals surface area (Å²) in [5.41, 5.74) is 2.40. The molecule has 68 valence electrons. The summed E-state index contributed by atoms with van der Waals surface area (Å²) >= 11 is 0. The highest BCUT2D eigenvalue weighted by Crippen LogP contribution is 2.31. The van der Waals surface area contributed by atoms with Gasteiger partial charge in [-0.3, -0.25) is 0 Å². The highest BCUT2D eigenvalue weighted by molar-refractivity contribution is 5.30. The first-order chi connectivity index (χ1) is 5.83. The fourth-order valence-corrected chi connectivity index (χ4v) is 2.21. The number of hydrogen-bond donors (Lipinski definition) is 3. The van der Waals surface area contributed by atoms with Crippen molar-refractivity contribution in [2.45, 2.75) is 18.9 Å². The molecule has 1 heterocycles. The summed E-state index contributed by atoms with van der Waals surface area (Å²) in [5, 5.41) is 21.9. The van der Waals surface area contributed by atoms with Gasteiger partial charge in [0.25, 0.3) is 0 Å². The first-order valence-electron chi connectivity index (χ1n) is 4.54. The van der Waals surface area contributed by atoms with Gasteiger partial charge in [-0.1, -0.05) is 0 Å². The summed E-state index contributed by atoms with van der Waals surface area (Å²) < 4.78 is 0. The summed E-state index contributed by atoms with van der Waals surface area (Å²) in [7, 11) is 0. The Kier molecular flexibility index (Phi) is 2.17. The number of rotatable bonds is 1. The first kappa shape index (κ1) is 8.23. The Morgan fingerprint density at radius 1 is 1.25 bits per heavy atom. The zero-order chi connectivity index (χ0) is 8.55. The van der Waals surface area contributed by atoms with Gasteiger partial charge in [-0.05, 0) is 24.0 Å². The highest BCUT2D eigenvalue weighted by Gasteiger charge is 2.30. The summed E-state index contributed by atoms with van der Waals surface area (Å²) in [6, 6.07) is 0. The van der Waals surface area contributed by atoms with E-state index in [1.54, 1.807) is 0 Å². The molecule has 1 aliphatic heterocycles. The second-order valence-corrected chi connectivity index (χ2v) is 3.63. The summed E-state index contributed by atoms with van der Waals surface area (Å²) in [6.45, 7) is 1.90. The Bertz CT molecular complexity index is 213. The van der Waals surface area contributed by atoms with E-state index in [1.165, 1.54) is 5.57 Å². The third-order valence-electron chi connectivity index (χ3n) is 2.95. The van der Waals surface area contributed by atoms with Gasteiger partial charge in [0.15, 0.2) is 0 Å². The maximum Gasteiger partial charge on any atom is 0.0765 e. The van der Waals surface area contributed by atoms with Crippen molar-refractivity contribution < 1.29 is 10.2 Å². The molecule has 2 unspecified atom stereocenters. The van der Waals surface area contributed by atoms with E-state index in [2.05, 4.69) is 5.32 Å². The van der Waals surface area contributed by atoms with Crippen molar-refractivity contribution in [1.29, 1.82) is 0 Å². The summed E-state index contributed by atoms with van der Waals surface area (Å²) in [6.07, 6.45) is 1.49. The van der Waals surface area contributed by atoms with Crippen LogP contribution < -0.4 is 5.32 Å². The van der Waals surface area contributed by atoms with E-state index in [0.29, 0.717) is 5.92 Å². The summed E-state index contributed by atoms with van der Waals surface area (Å²) in [5.74, 6) is 0.304. The van der Waals surface area contributed by atoms with Gasteiger partial charge in [-0.2, -0.15) is 0 Å². The fourth-order valence-electron chi connectivity index (χ4n) is 2.21. The molecule has 3 nitrogen and oxygen atoms in total. The van der Waals surface area contributed by atoms with Crippen molar-refractivity contribution in [3.05, 3.63) is 11.1 Å². The van der Waals surface area contributed by atoms with Gasteiger partial charge in [0, 0.05) is 25.6 Å². The second-order valence-electron chi connectivity index (χ2n) is 3.63. The van der Waals surface area contributed by atoms with Crippen molar-refractivity contribution in [3.8, 4) is 0 Å². The lowest BCUT2D eigenvalue weighted by molar-refractivity contribution is 0.158. The molecule has 0 aromatic heterocycles. The molecule has 0 bridgehead atoms. The molecule has 0 aromatic carbocycles. The molecule has 1 aliphatic carbocycles. The molecule has 0 saturated carbocycles. The minimum Gasteiger partial charge on any atom is -0.396 e. The van der Waals surface area contributed by atoms with E-state index in [9.17, 15) is 5.11 Å². The van der Waals surface area contributed by atoms with Crippen molar-refractivity contribution in [1.82, 2.24) is 5.32 Å². The SMILES string of the molecule is OCC1CCC(O)C2=C1CNC2. The third kappa shape index (κ3) is 1.18. The van der Waals surface area contributed by atoms with Crippen LogP contribution in [-0.2, 0) is 0 Å². The lowest BCUT2D eigenvalue weighted by Gasteiger charge is -2.26. The van der Waals surface area contributed by atoms with Crippen LogP contribution >= 0.6 is 0 Å². The molecule has 12 heavy (non-hydrogen) atoms. The van der Waals surface area contributed by atoms with E-state index in [0.717, 1.165) is 31.5 Å². The molecule has 0 radical (unpaired) electrons. The first-order valence-corrected chi connectivity index (χ1v) is 4.54. The van der Waals surface area contributed by atoms with Crippen molar-refractivity contribution in [2.24, 2.45) is 5.92 Å². The van der Waals surface area contributed by atoms with Gasteiger partial charge >= 0.3 is 0 Å². The van der Waals surface area contributed by atoms with Crippen LogP contribution in [0.2, 0.25) is 0 Å². The quantitative estimate of drug-likeness (QED) is 0.470. The van der Waals surface area contributed by atoms with Crippen LogP contribution in [-0.4, -0.2) is 36.0 Å². The smallest absolute Gasteiger partial charge is 0.0765 e. The van der Waals surface area contributed by atoms with Crippen LogP contribution in [0, 0.1) is 5.92 Å². The standard InChI is InChI=1S/C9H15NO2/c11-5-6-1-2-9(12)8-4-10-3-7(6)8/h6,9-12H,1-5H2. The normalized spacial score (nSPS) is 35.5. The van der Waals surface area contributed by atoms with Crippen molar-refractivity contribution in [3.63, 3.8) is 0 Å². The van der Waals surface area contributed by atoms with Crippen LogP contribution in [0.5, 0.6) is 0 Å². The molecule has 0 aromatic rings. The number of aliphatic hydroxyl groups excluding tert-OH is 2. The molecule has 0 saturated heterocycles. The molecule has 3 heteroatoms. The van der Waals surface area contributed by atoms with E-state index >= 15 is 0 Å². The Morgan fingerprint density at radius 3 is 2.75 bits per heavy atom. The molecule has 2 atom stereocenters. The molecule has 0 fully saturated rings. The third-order valence-corrected chi connectivity index (χ3v) is 2.95. The summed E-state index contributed by atoms with van der Waals surface area (Å²) in [4.78, 5) is 0. The minimum absolute atomic E-state index is 0.229. The van der Waals surface area contributed by atoms with Gasteiger partial charge < -0.3 is 15.5 Å². The van der Waals surface area contributed by atoms with Gasteiger partial charge in [0.1, 0.15) is 0 Å². The Morgan fingerprint density at radius 2 is 2.00 bits per heavy atom. The fraction of sp³-hybridized carbons (Fsp3) is 0.778. The second kappa shape index (κ2) is 3.17. The van der Waals surface area contributed by atoms with Gasteiger partial charge in [0.05, 0.1) is 6.10 Å². The molecular formula is C9H15NO2. The number of nitrogens with one attached hydrogen (secondary N) is 1. The van der Waals surface area contributed by atoms with Crippen LogP contribution in [0.15, 0.2) is 11.1 Å². The van der Waals surface area contributed by atoms with Crippen LogP contribution in [0.4, 0.5) is 0 Å². The topological polar surface area (TPSA) is 52.5 Å². The van der Waals surface area contributed by atoms with E-state index in [-0.39, 0.29) is 12.7 Å². The maximum absolute atomic E-state index is 9.61. The zero-order valence-corrected chi connectivity index (χ0v) is 7.08. The lowest BCUT2D eigenvalue weighted by atomic mass is 9.83. The van der Waals surface area contributed by atoms with Gasteiger partial charge in [0.2, 0.25) is 0 Å². The highest BCUT2D eigenvalue weighted by atomic mass is 16.3. The maximum atomic E-state index is 9.61. The largest absolute Gasteiger partial charge is 0.396 e. The molecular weight excluding hydrogens is 154 g/mol. The number of aliphatic hydroxyl groups is 2. The Balaban J connectivity index is 2.23. The Labute approximate surface area is 72.1 Å². The minimum atomic E-state index is -0.252.